The van der Waals surface area contributed by atoms with E-state index in [9.17, 15) is 0 Å². The Balaban J connectivity index is 2.00. The van der Waals surface area contributed by atoms with Crippen LogP contribution in [0.15, 0.2) is 52.9 Å². The zero-order chi connectivity index (χ0) is 16.0. The summed E-state index contributed by atoms with van der Waals surface area (Å²) in [6.07, 6.45) is 0. The molecule has 0 radical (unpaired) electrons. The van der Waals surface area contributed by atoms with Gasteiger partial charge in [-0.1, -0.05) is 35.9 Å². The summed E-state index contributed by atoms with van der Waals surface area (Å²) in [5, 5.41) is 0. The first-order valence-electron chi connectivity index (χ1n) is 7.82. The van der Waals surface area contributed by atoms with E-state index in [2.05, 4.69) is 61.2 Å². The minimum Gasteiger partial charge on any atom is -0.483 e. The van der Waals surface area contributed by atoms with Crippen molar-refractivity contribution >= 4 is 17.3 Å². The van der Waals surface area contributed by atoms with E-state index in [-0.39, 0.29) is 0 Å². The van der Waals surface area contributed by atoms with Gasteiger partial charge in [0.05, 0.1) is 11.4 Å². The molecule has 1 aliphatic heterocycles. The minimum atomic E-state index is 0.547. The van der Waals surface area contributed by atoms with Crippen molar-refractivity contribution in [1.82, 2.24) is 0 Å². The molecule has 0 bridgehead atoms. The fraction of sp³-hybridized carbons (Fsp3) is 0.200. The van der Waals surface area contributed by atoms with E-state index in [0.717, 1.165) is 34.3 Å². The van der Waals surface area contributed by atoms with E-state index < -0.39 is 0 Å². The third kappa shape index (κ3) is 2.29. The van der Waals surface area contributed by atoms with Crippen LogP contribution in [0.5, 0.6) is 5.75 Å². The lowest BCUT2D eigenvalue weighted by Gasteiger charge is -2.24. The van der Waals surface area contributed by atoms with Gasteiger partial charge < -0.3 is 9.15 Å². The van der Waals surface area contributed by atoms with Crippen LogP contribution in [0.3, 0.4) is 0 Å². The van der Waals surface area contributed by atoms with Crippen LogP contribution in [0.2, 0.25) is 0 Å². The monoisotopic (exact) mass is 305 g/mol. The van der Waals surface area contributed by atoms with Gasteiger partial charge in [-0.05, 0) is 38.5 Å². The number of furan rings is 1. The molecule has 0 fully saturated rings. The summed E-state index contributed by atoms with van der Waals surface area (Å²) < 4.78 is 12.0. The van der Waals surface area contributed by atoms with Crippen LogP contribution in [0, 0.1) is 20.8 Å². The van der Waals surface area contributed by atoms with Gasteiger partial charge in [0.2, 0.25) is 5.88 Å². The average molecular weight is 305 g/mol. The van der Waals surface area contributed by atoms with Gasteiger partial charge in [0, 0.05) is 11.6 Å². The largest absolute Gasteiger partial charge is 0.483 e. The molecule has 4 rings (SSSR count). The van der Waals surface area contributed by atoms with Crippen molar-refractivity contribution in [3.05, 3.63) is 71.0 Å². The van der Waals surface area contributed by atoms with Crippen molar-refractivity contribution in [3.63, 3.8) is 0 Å². The van der Waals surface area contributed by atoms with Crippen molar-refractivity contribution in [2.24, 2.45) is 0 Å². The number of rotatable bonds is 1. The van der Waals surface area contributed by atoms with E-state index in [1.807, 2.05) is 13.0 Å². The number of hydrogen-bond acceptors (Lipinski definition) is 3. The van der Waals surface area contributed by atoms with Gasteiger partial charge in [-0.15, -0.1) is 0 Å². The van der Waals surface area contributed by atoms with Crippen LogP contribution in [0.1, 0.15) is 22.5 Å². The van der Waals surface area contributed by atoms with Crippen molar-refractivity contribution < 1.29 is 9.15 Å². The topological polar surface area (TPSA) is 25.6 Å². The molecular weight excluding hydrogens is 286 g/mol. The lowest BCUT2D eigenvalue weighted by atomic mass is 10.1. The fourth-order valence-electron chi connectivity index (χ4n) is 3.10. The Morgan fingerprint density at radius 2 is 1.74 bits per heavy atom. The summed E-state index contributed by atoms with van der Waals surface area (Å²) in [6.45, 7) is 6.71. The van der Waals surface area contributed by atoms with Crippen LogP contribution >= 0.6 is 0 Å². The number of fused-ring (bicyclic) bond motifs is 2. The summed E-state index contributed by atoms with van der Waals surface area (Å²) >= 11 is 0. The van der Waals surface area contributed by atoms with Crippen LogP contribution in [-0.4, -0.2) is 0 Å². The quantitative estimate of drug-likeness (QED) is 0.588. The van der Waals surface area contributed by atoms with Gasteiger partial charge in [-0.2, -0.15) is 0 Å². The Kier molecular flexibility index (Phi) is 3.15. The van der Waals surface area contributed by atoms with Gasteiger partial charge in [0.1, 0.15) is 12.4 Å². The minimum absolute atomic E-state index is 0.547. The zero-order valence-corrected chi connectivity index (χ0v) is 13.6. The van der Waals surface area contributed by atoms with E-state index >= 15 is 0 Å². The highest BCUT2D eigenvalue weighted by Crippen LogP contribution is 2.46. The Hall–Kier alpha value is -2.68. The molecule has 3 aromatic rings. The standard InChI is InChI=1S/C20H19NO2/c1-13-8-9-18-16(10-13)12-22-19-11-15(3)23-20(19)21(18)17-7-5-4-6-14(17)2/h4-11H,12H2,1-3H3. The Bertz CT molecular complexity index is 879. The van der Waals surface area contributed by atoms with Crippen molar-refractivity contribution in [2.45, 2.75) is 27.4 Å². The second-order valence-electron chi connectivity index (χ2n) is 6.07. The van der Waals surface area contributed by atoms with E-state index in [4.69, 9.17) is 9.15 Å². The average Bonchev–Trinajstić information content (AvgIpc) is 2.83. The first kappa shape index (κ1) is 13.9. The van der Waals surface area contributed by atoms with E-state index in [0.29, 0.717) is 6.61 Å². The molecule has 23 heavy (non-hydrogen) atoms. The number of hydrogen-bond donors (Lipinski definition) is 0. The van der Waals surface area contributed by atoms with Crippen LogP contribution < -0.4 is 9.64 Å². The highest BCUT2D eigenvalue weighted by Gasteiger charge is 2.27. The number of anilines is 3. The molecule has 3 nitrogen and oxygen atoms in total. The second-order valence-corrected chi connectivity index (χ2v) is 6.07. The molecular formula is C20H19NO2. The van der Waals surface area contributed by atoms with Gasteiger partial charge in [-0.25, -0.2) is 0 Å². The number of ether oxygens (including phenoxy) is 1. The van der Waals surface area contributed by atoms with Crippen LogP contribution in [0.4, 0.5) is 17.3 Å². The molecule has 0 atom stereocenters. The second kappa shape index (κ2) is 5.20. The van der Waals surface area contributed by atoms with Crippen LogP contribution in [0.25, 0.3) is 0 Å². The van der Waals surface area contributed by atoms with Crippen LogP contribution in [-0.2, 0) is 6.61 Å². The zero-order valence-electron chi connectivity index (χ0n) is 13.6. The molecule has 0 amide bonds. The normalized spacial score (nSPS) is 13.1. The molecule has 2 aromatic carbocycles. The Morgan fingerprint density at radius 3 is 2.57 bits per heavy atom. The fourth-order valence-corrected chi connectivity index (χ4v) is 3.10. The molecule has 2 heterocycles. The van der Waals surface area contributed by atoms with Gasteiger partial charge in [-0.3, -0.25) is 4.90 Å². The van der Waals surface area contributed by atoms with Crippen molar-refractivity contribution in [2.75, 3.05) is 4.90 Å². The summed E-state index contributed by atoms with van der Waals surface area (Å²) in [4.78, 5) is 2.17. The first-order valence-corrected chi connectivity index (χ1v) is 7.82. The molecule has 116 valence electrons. The van der Waals surface area contributed by atoms with Gasteiger partial charge in [0.25, 0.3) is 0 Å². The summed E-state index contributed by atoms with van der Waals surface area (Å²) in [6, 6.07) is 16.8. The number of benzene rings is 2. The number of nitrogens with zero attached hydrogens (tertiary/aromatic N) is 1. The Labute approximate surface area is 136 Å². The first-order chi connectivity index (χ1) is 11.1. The van der Waals surface area contributed by atoms with E-state index in [1.54, 1.807) is 0 Å². The third-order valence-electron chi connectivity index (χ3n) is 4.22. The molecule has 0 saturated carbocycles. The molecule has 0 N–H and O–H groups in total. The van der Waals surface area contributed by atoms with E-state index in [1.165, 1.54) is 11.1 Å². The SMILES string of the molecule is Cc1ccc2c(c1)COc1cc(C)oc1N2c1ccccc1C. The molecule has 3 heteroatoms. The van der Waals surface area contributed by atoms with Crippen molar-refractivity contribution in [1.29, 1.82) is 0 Å². The third-order valence-corrected chi connectivity index (χ3v) is 4.22. The molecule has 0 unspecified atom stereocenters. The molecule has 0 aliphatic carbocycles. The maximum Gasteiger partial charge on any atom is 0.247 e. The molecule has 0 saturated heterocycles. The number of aryl methyl sites for hydroxylation is 3. The lowest BCUT2D eigenvalue weighted by molar-refractivity contribution is 0.308. The predicted molar refractivity (Wildman–Crippen MR) is 91.9 cm³/mol. The summed E-state index contributed by atoms with van der Waals surface area (Å²) in [5.41, 5.74) is 5.81. The molecule has 1 aliphatic rings. The predicted octanol–water partition coefficient (Wildman–Crippen LogP) is 5.57. The highest BCUT2D eigenvalue weighted by atomic mass is 16.5. The molecule has 1 aromatic heterocycles. The highest BCUT2D eigenvalue weighted by molar-refractivity contribution is 5.81. The maximum absolute atomic E-state index is 6.01. The smallest absolute Gasteiger partial charge is 0.247 e. The summed E-state index contributed by atoms with van der Waals surface area (Å²) in [7, 11) is 0. The van der Waals surface area contributed by atoms with Gasteiger partial charge in [0.15, 0.2) is 5.75 Å². The summed E-state index contributed by atoms with van der Waals surface area (Å²) in [5.74, 6) is 2.39. The lowest BCUT2D eigenvalue weighted by Crippen LogP contribution is -2.11. The van der Waals surface area contributed by atoms with Gasteiger partial charge >= 0.3 is 0 Å². The Morgan fingerprint density at radius 1 is 0.913 bits per heavy atom. The maximum atomic E-state index is 6.01. The molecule has 0 spiro atoms. The number of para-hydroxylation sites is 1. The van der Waals surface area contributed by atoms with Crippen molar-refractivity contribution in [3.8, 4) is 5.75 Å².